The Balaban J connectivity index is 1.94. The maximum absolute atomic E-state index is 11.7. The highest BCUT2D eigenvalue weighted by molar-refractivity contribution is 7.09. The van der Waals surface area contributed by atoms with Crippen LogP contribution in [0.3, 0.4) is 0 Å². The van der Waals surface area contributed by atoms with E-state index >= 15 is 0 Å². The Kier molecular flexibility index (Phi) is 3.15. The number of carbonyl (C=O) groups is 2. The van der Waals surface area contributed by atoms with Gasteiger partial charge in [-0.05, 0) is 19.8 Å². The van der Waals surface area contributed by atoms with Gasteiger partial charge in [-0.25, -0.2) is 4.98 Å². The molecule has 1 aliphatic rings. The number of carboxylic acid groups (broad SMARTS) is 1. The van der Waals surface area contributed by atoms with Crippen LogP contribution in [0.5, 0.6) is 0 Å². The zero-order valence-electron chi connectivity index (χ0n) is 9.52. The van der Waals surface area contributed by atoms with Gasteiger partial charge in [-0.1, -0.05) is 6.42 Å². The standard InChI is InChI=1S/C11H14N2O3S/c1-7-13-8(5-17-7)9(14)12-6-11(10(15)16)3-2-4-11/h5H,2-4,6H2,1H3,(H,12,14)(H,15,16). The molecule has 6 heteroatoms. The van der Waals surface area contributed by atoms with E-state index in [1.807, 2.05) is 6.92 Å². The molecule has 92 valence electrons. The van der Waals surface area contributed by atoms with Gasteiger partial charge in [-0.3, -0.25) is 9.59 Å². The minimum atomic E-state index is -0.821. The fourth-order valence-electron chi connectivity index (χ4n) is 1.88. The molecule has 17 heavy (non-hydrogen) atoms. The number of hydrogen-bond donors (Lipinski definition) is 2. The van der Waals surface area contributed by atoms with Crippen LogP contribution in [0, 0.1) is 12.3 Å². The number of aromatic nitrogens is 1. The van der Waals surface area contributed by atoms with Crippen molar-refractivity contribution in [1.82, 2.24) is 10.3 Å². The molecule has 1 heterocycles. The van der Waals surface area contributed by atoms with E-state index in [1.54, 1.807) is 5.38 Å². The van der Waals surface area contributed by atoms with Crippen LogP contribution in [0.2, 0.25) is 0 Å². The second-order valence-electron chi connectivity index (χ2n) is 4.37. The molecule has 1 amide bonds. The van der Waals surface area contributed by atoms with Gasteiger partial charge in [0.1, 0.15) is 5.69 Å². The number of aliphatic carboxylic acids is 1. The van der Waals surface area contributed by atoms with Crippen molar-refractivity contribution in [2.75, 3.05) is 6.54 Å². The molecule has 0 atom stereocenters. The monoisotopic (exact) mass is 254 g/mol. The minimum absolute atomic E-state index is 0.192. The SMILES string of the molecule is Cc1nc(C(=O)NCC2(C(=O)O)CCC2)cs1. The van der Waals surface area contributed by atoms with E-state index < -0.39 is 11.4 Å². The molecular weight excluding hydrogens is 240 g/mol. The maximum Gasteiger partial charge on any atom is 0.311 e. The Morgan fingerprint density at radius 2 is 2.29 bits per heavy atom. The predicted molar refractivity (Wildman–Crippen MR) is 63.1 cm³/mol. The molecule has 0 unspecified atom stereocenters. The molecule has 5 nitrogen and oxygen atoms in total. The molecule has 0 bridgehead atoms. The van der Waals surface area contributed by atoms with Gasteiger partial charge in [-0.2, -0.15) is 0 Å². The number of aryl methyl sites for hydroxylation is 1. The normalized spacial score (nSPS) is 17.2. The molecule has 2 rings (SSSR count). The summed E-state index contributed by atoms with van der Waals surface area (Å²) in [6, 6.07) is 0. The zero-order valence-corrected chi connectivity index (χ0v) is 10.3. The number of rotatable bonds is 4. The summed E-state index contributed by atoms with van der Waals surface area (Å²) in [5.41, 5.74) is -0.381. The van der Waals surface area contributed by atoms with Crippen molar-refractivity contribution in [3.05, 3.63) is 16.1 Å². The molecule has 0 spiro atoms. The topological polar surface area (TPSA) is 79.3 Å². The van der Waals surface area contributed by atoms with Gasteiger partial charge in [0.15, 0.2) is 0 Å². The highest BCUT2D eigenvalue weighted by atomic mass is 32.1. The second-order valence-corrected chi connectivity index (χ2v) is 5.44. The fraction of sp³-hybridized carbons (Fsp3) is 0.545. The number of nitrogens with zero attached hydrogens (tertiary/aromatic N) is 1. The van der Waals surface area contributed by atoms with Crippen LogP contribution >= 0.6 is 11.3 Å². The number of carbonyl (C=O) groups excluding carboxylic acids is 1. The van der Waals surface area contributed by atoms with Crippen LogP contribution in [0.25, 0.3) is 0 Å². The Morgan fingerprint density at radius 1 is 1.59 bits per heavy atom. The van der Waals surface area contributed by atoms with E-state index in [2.05, 4.69) is 10.3 Å². The quantitative estimate of drug-likeness (QED) is 0.852. The van der Waals surface area contributed by atoms with Gasteiger partial charge in [-0.15, -0.1) is 11.3 Å². The summed E-state index contributed by atoms with van der Waals surface area (Å²) >= 11 is 1.40. The lowest BCUT2D eigenvalue weighted by Crippen LogP contribution is -2.47. The first-order valence-electron chi connectivity index (χ1n) is 5.47. The van der Waals surface area contributed by atoms with Crippen LogP contribution in [-0.2, 0) is 4.79 Å². The lowest BCUT2D eigenvalue weighted by Gasteiger charge is -2.37. The largest absolute Gasteiger partial charge is 0.481 e. The van der Waals surface area contributed by atoms with E-state index in [0.717, 1.165) is 11.4 Å². The van der Waals surface area contributed by atoms with Crippen LogP contribution in [0.4, 0.5) is 0 Å². The van der Waals surface area contributed by atoms with E-state index in [9.17, 15) is 9.59 Å². The minimum Gasteiger partial charge on any atom is -0.481 e. The highest BCUT2D eigenvalue weighted by Crippen LogP contribution is 2.40. The summed E-state index contributed by atoms with van der Waals surface area (Å²) in [5, 5.41) is 14.3. The molecule has 0 saturated heterocycles. The van der Waals surface area contributed by atoms with Gasteiger partial charge in [0.2, 0.25) is 0 Å². The summed E-state index contributed by atoms with van der Waals surface area (Å²) < 4.78 is 0. The highest BCUT2D eigenvalue weighted by Gasteiger charge is 2.44. The summed E-state index contributed by atoms with van der Waals surface area (Å²) in [6.07, 6.45) is 2.19. The molecule has 0 radical (unpaired) electrons. The van der Waals surface area contributed by atoms with E-state index in [4.69, 9.17) is 5.11 Å². The number of hydrogen-bond acceptors (Lipinski definition) is 4. The van der Waals surface area contributed by atoms with Gasteiger partial charge >= 0.3 is 5.97 Å². The van der Waals surface area contributed by atoms with Crippen molar-refractivity contribution >= 4 is 23.2 Å². The van der Waals surface area contributed by atoms with Gasteiger partial charge < -0.3 is 10.4 Å². The number of nitrogens with one attached hydrogen (secondary N) is 1. The third kappa shape index (κ3) is 2.31. The number of carboxylic acids is 1. The lowest BCUT2D eigenvalue weighted by molar-refractivity contribution is -0.153. The third-order valence-electron chi connectivity index (χ3n) is 3.20. The van der Waals surface area contributed by atoms with Crippen LogP contribution in [0.1, 0.15) is 34.8 Å². The molecule has 0 aromatic carbocycles. The van der Waals surface area contributed by atoms with Crippen molar-refractivity contribution in [3.63, 3.8) is 0 Å². The molecule has 1 aromatic rings. The first-order chi connectivity index (χ1) is 8.03. The van der Waals surface area contributed by atoms with Gasteiger partial charge in [0.05, 0.1) is 10.4 Å². The molecule has 1 saturated carbocycles. The van der Waals surface area contributed by atoms with E-state index in [0.29, 0.717) is 18.5 Å². The average molecular weight is 254 g/mol. The molecule has 1 fully saturated rings. The molecular formula is C11H14N2O3S. The smallest absolute Gasteiger partial charge is 0.311 e. The average Bonchev–Trinajstić information content (AvgIpc) is 2.62. The van der Waals surface area contributed by atoms with E-state index in [-0.39, 0.29) is 12.5 Å². The van der Waals surface area contributed by atoms with Crippen LogP contribution in [-0.4, -0.2) is 28.5 Å². The van der Waals surface area contributed by atoms with Crippen molar-refractivity contribution in [2.45, 2.75) is 26.2 Å². The second kappa shape index (κ2) is 4.44. The van der Waals surface area contributed by atoms with Crippen LogP contribution < -0.4 is 5.32 Å². The molecule has 1 aliphatic carbocycles. The number of thiazole rings is 1. The summed E-state index contributed by atoms with van der Waals surface area (Å²) in [4.78, 5) is 26.9. The van der Waals surface area contributed by atoms with Crippen molar-refractivity contribution in [3.8, 4) is 0 Å². The molecule has 2 N–H and O–H groups in total. The lowest BCUT2D eigenvalue weighted by atomic mass is 9.69. The third-order valence-corrected chi connectivity index (χ3v) is 3.98. The summed E-state index contributed by atoms with van der Waals surface area (Å²) in [5.74, 6) is -1.11. The molecule has 0 aliphatic heterocycles. The zero-order chi connectivity index (χ0) is 12.5. The first-order valence-corrected chi connectivity index (χ1v) is 6.35. The van der Waals surface area contributed by atoms with E-state index in [1.165, 1.54) is 11.3 Å². The van der Waals surface area contributed by atoms with Crippen molar-refractivity contribution < 1.29 is 14.7 Å². The predicted octanol–water partition coefficient (Wildman–Crippen LogP) is 1.44. The maximum atomic E-state index is 11.7. The van der Waals surface area contributed by atoms with Crippen molar-refractivity contribution in [2.24, 2.45) is 5.41 Å². The Bertz CT molecular complexity index is 451. The number of amides is 1. The first kappa shape index (κ1) is 12.0. The van der Waals surface area contributed by atoms with Crippen LogP contribution in [0.15, 0.2) is 5.38 Å². The Labute approximate surface area is 103 Å². The Morgan fingerprint density at radius 3 is 2.71 bits per heavy atom. The summed E-state index contributed by atoms with van der Waals surface area (Å²) in [7, 11) is 0. The van der Waals surface area contributed by atoms with Crippen molar-refractivity contribution in [1.29, 1.82) is 0 Å². The fourth-order valence-corrected chi connectivity index (χ4v) is 2.47. The van der Waals surface area contributed by atoms with Gasteiger partial charge in [0.25, 0.3) is 5.91 Å². The van der Waals surface area contributed by atoms with Gasteiger partial charge in [0, 0.05) is 11.9 Å². The molecule has 1 aromatic heterocycles. The Hall–Kier alpha value is -1.43. The summed E-state index contributed by atoms with van der Waals surface area (Å²) in [6.45, 7) is 2.02.